The van der Waals surface area contributed by atoms with Gasteiger partial charge in [0.1, 0.15) is 5.82 Å². The molecule has 1 aromatic carbocycles. The van der Waals surface area contributed by atoms with Crippen LogP contribution in [0.2, 0.25) is 5.02 Å². The first kappa shape index (κ1) is 9.16. The van der Waals surface area contributed by atoms with Gasteiger partial charge in [-0.05, 0) is 12.1 Å². The van der Waals surface area contributed by atoms with E-state index in [0.717, 1.165) is 0 Å². The van der Waals surface area contributed by atoms with Gasteiger partial charge < -0.3 is 0 Å². The van der Waals surface area contributed by atoms with Crippen molar-refractivity contribution in [3.05, 3.63) is 53.6 Å². The van der Waals surface area contributed by atoms with Crippen LogP contribution in [-0.2, 0) is 0 Å². The van der Waals surface area contributed by atoms with Crippen molar-refractivity contribution < 1.29 is 4.39 Å². The number of halogens is 2. The van der Waals surface area contributed by atoms with Crippen molar-refractivity contribution in [1.82, 2.24) is 4.98 Å². The number of aromatic nitrogens is 1. The molecule has 1 aromatic heterocycles. The SMILES string of the molecule is Fc1ccccc1-c1ccncc1Cl. The fraction of sp³-hybridized carbons (Fsp3) is 0. The molecule has 0 aliphatic rings. The third kappa shape index (κ3) is 1.61. The van der Waals surface area contributed by atoms with Crippen LogP contribution in [0.15, 0.2) is 42.7 Å². The molecule has 0 radical (unpaired) electrons. The summed E-state index contributed by atoms with van der Waals surface area (Å²) in [6, 6.07) is 8.21. The van der Waals surface area contributed by atoms with Crippen molar-refractivity contribution >= 4 is 11.6 Å². The second kappa shape index (κ2) is 3.76. The van der Waals surface area contributed by atoms with E-state index in [2.05, 4.69) is 4.98 Å². The van der Waals surface area contributed by atoms with Gasteiger partial charge in [0.05, 0.1) is 5.02 Å². The van der Waals surface area contributed by atoms with Crippen LogP contribution in [0.25, 0.3) is 11.1 Å². The summed E-state index contributed by atoms with van der Waals surface area (Å²) >= 11 is 5.90. The molecule has 0 saturated heterocycles. The molecule has 1 heterocycles. The van der Waals surface area contributed by atoms with E-state index in [4.69, 9.17) is 11.6 Å². The quantitative estimate of drug-likeness (QED) is 0.697. The van der Waals surface area contributed by atoms with Gasteiger partial charge in [0, 0.05) is 23.5 Å². The largest absolute Gasteiger partial charge is 0.263 e. The average molecular weight is 208 g/mol. The van der Waals surface area contributed by atoms with Crippen LogP contribution in [0, 0.1) is 5.82 Å². The van der Waals surface area contributed by atoms with E-state index in [1.165, 1.54) is 12.3 Å². The van der Waals surface area contributed by atoms with E-state index in [-0.39, 0.29) is 5.82 Å². The zero-order valence-electron chi connectivity index (χ0n) is 7.24. The maximum Gasteiger partial charge on any atom is 0.131 e. The minimum absolute atomic E-state index is 0.277. The predicted octanol–water partition coefficient (Wildman–Crippen LogP) is 3.54. The highest BCUT2D eigenvalue weighted by Crippen LogP contribution is 2.28. The highest BCUT2D eigenvalue weighted by molar-refractivity contribution is 6.33. The van der Waals surface area contributed by atoms with Crippen molar-refractivity contribution in [1.29, 1.82) is 0 Å². The second-order valence-electron chi connectivity index (χ2n) is 2.84. The molecule has 1 nitrogen and oxygen atoms in total. The molecule has 70 valence electrons. The first-order valence-corrected chi connectivity index (χ1v) is 4.51. The van der Waals surface area contributed by atoms with Crippen LogP contribution in [0.1, 0.15) is 0 Å². The van der Waals surface area contributed by atoms with Crippen LogP contribution in [-0.4, -0.2) is 4.98 Å². The molecule has 0 aliphatic carbocycles. The summed E-state index contributed by atoms with van der Waals surface area (Å²) in [6.45, 7) is 0. The minimum atomic E-state index is -0.277. The highest BCUT2D eigenvalue weighted by atomic mass is 35.5. The van der Waals surface area contributed by atoms with Crippen molar-refractivity contribution in [2.75, 3.05) is 0 Å². The number of benzene rings is 1. The Morgan fingerprint density at radius 2 is 1.86 bits per heavy atom. The van der Waals surface area contributed by atoms with Crippen molar-refractivity contribution in [3.63, 3.8) is 0 Å². The summed E-state index contributed by atoms with van der Waals surface area (Å²) < 4.78 is 13.4. The van der Waals surface area contributed by atoms with E-state index in [0.29, 0.717) is 16.1 Å². The zero-order valence-corrected chi connectivity index (χ0v) is 8.00. The number of rotatable bonds is 1. The standard InChI is InChI=1S/C11H7ClFN/c12-10-7-14-6-5-8(10)9-3-1-2-4-11(9)13/h1-7H. The lowest BCUT2D eigenvalue weighted by Gasteiger charge is -2.04. The molecule has 0 unspecified atom stereocenters. The van der Waals surface area contributed by atoms with Crippen LogP contribution in [0.3, 0.4) is 0 Å². The van der Waals surface area contributed by atoms with Gasteiger partial charge in [-0.15, -0.1) is 0 Å². The van der Waals surface area contributed by atoms with Crippen LogP contribution >= 0.6 is 11.6 Å². The van der Waals surface area contributed by atoms with Gasteiger partial charge in [0.2, 0.25) is 0 Å². The molecule has 0 N–H and O–H groups in total. The van der Waals surface area contributed by atoms with Crippen molar-refractivity contribution in [2.24, 2.45) is 0 Å². The minimum Gasteiger partial charge on any atom is -0.263 e. The molecule has 0 spiro atoms. The Morgan fingerprint density at radius 3 is 2.57 bits per heavy atom. The summed E-state index contributed by atoms with van der Waals surface area (Å²) in [4.78, 5) is 3.85. The molecule has 2 aromatic rings. The van der Waals surface area contributed by atoms with E-state index in [9.17, 15) is 4.39 Å². The zero-order chi connectivity index (χ0) is 9.97. The van der Waals surface area contributed by atoms with Gasteiger partial charge in [-0.1, -0.05) is 29.8 Å². The maximum absolute atomic E-state index is 13.4. The fourth-order valence-electron chi connectivity index (χ4n) is 1.27. The number of hydrogen-bond donors (Lipinski definition) is 0. The van der Waals surface area contributed by atoms with Crippen LogP contribution in [0.5, 0.6) is 0 Å². The maximum atomic E-state index is 13.4. The van der Waals surface area contributed by atoms with Crippen molar-refractivity contribution in [3.8, 4) is 11.1 Å². The molecular weight excluding hydrogens is 201 g/mol. The van der Waals surface area contributed by atoms with Crippen molar-refractivity contribution in [2.45, 2.75) is 0 Å². The van der Waals surface area contributed by atoms with Gasteiger partial charge in [0.25, 0.3) is 0 Å². The second-order valence-corrected chi connectivity index (χ2v) is 3.24. The van der Waals surface area contributed by atoms with E-state index < -0.39 is 0 Å². The van der Waals surface area contributed by atoms with Gasteiger partial charge >= 0.3 is 0 Å². The van der Waals surface area contributed by atoms with Gasteiger partial charge in [-0.2, -0.15) is 0 Å². The molecule has 0 amide bonds. The fourth-order valence-corrected chi connectivity index (χ4v) is 1.49. The first-order chi connectivity index (χ1) is 6.79. The normalized spacial score (nSPS) is 10.1. The van der Waals surface area contributed by atoms with Crippen LogP contribution < -0.4 is 0 Å². The van der Waals surface area contributed by atoms with Crippen LogP contribution in [0.4, 0.5) is 4.39 Å². The predicted molar refractivity (Wildman–Crippen MR) is 54.6 cm³/mol. The van der Waals surface area contributed by atoms with E-state index >= 15 is 0 Å². The molecule has 2 rings (SSSR count). The average Bonchev–Trinajstić information content (AvgIpc) is 2.20. The number of pyridine rings is 1. The lowest BCUT2D eigenvalue weighted by Crippen LogP contribution is -1.85. The third-order valence-electron chi connectivity index (χ3n) is 1.94. The number of nitrogens with zero attached hydrogens (tertiary/aromatic N) is 1. The molecular formula is C11H7ClFN. The molecule has 0 aliphatic heterocycles. The Kier molecular flexibility index (Phi) is 2.46. The molecule has 0 fully saturated rings. The summed E-state index contributed by atoms with van der Waals surface area (Å²) in [7, 11) is 0. The Morgan fingerprint density at radius 1 is 1.07 bits per heavy atom. The third-order valence-corrected chi connectivity index (χ3v) is 2.24. The topological polar surface area (TPSA) is 12.9 Å². The first-order valence-electron chi connectivity index (χ1n) is 4.13. The molecule has 0 saturated carbocycles. The lowest BCUT2D eigenvalue weighted by atomic mass is 10.1. The monoisotopic (exact) mass is 207 g/mol. The van der Waals surface area contributed by atoms with E-state index in [1.54, 1.807) is 30.5 Å². The molecule has 0 atom stereocenters. The highest BCUT2D eigenvalue weighted by Gasteiger charge is 2.06. The Hall–Kier alpha value is -1.41. The van der Waals surface area contributed by atoms with Gasteiger partial charge in [-0.25, -0.2) is 4.39 Å². The summed E-state index contributed by atoms with van der Waals surface area (Å²) in [6.07, 6.45) is 3.09. The summed E-state index contributed by atoms with van der Waals surface area (Å²) in [5, 5.41) is 0.456. The smallest absolute Gasteiger partial charge is 0.131 e. The Labute approximate surface area is 86.2 Å². The molecule has 14 heavy (non-hydrogen) atoms. The summed E-state index contributed by atoms with van der Waals surface area (Å²) in [5.74, 6) is -0.277. The Balaban J connectivity index is 2.61. The molecule has 0 bridgehead atoms. The van der Waals surface area contributed by atoms with Gasteiger partial charge in [0.15, 0.2) is 0 Å². The van der Waals surface area contributed by atoms with Gasteiger partial charge in [-0.3, -0.25) is 4.98 Å². The number of hydrogen-bond acceptors (Lipinski definition) is 1. The Bertz CT molecular complexity index is 413. The van der Waals surface area contributed by atoms with E-state index in [1.807, 2.05) is 0 Å². The summed E-state index contributed by atoms with van der Waals surface area (Å²) in [5.41, 5.74) is 1.17. The molecule has 3 heteroatoms. The lowest BCUT2D eigenvalue weighted by molar-refractivity contribution is 0.631.